The predicted molar refractivity (Wildman–Crippen MR) is 86.1 cm³/mol. The highest BCUT2D eigenvalue weighted by atomic mass is 16.6. The van der Waals surface area contributed by atoms with Crippen LogP contribution in [0.2, 0.25) is 0 Å². The second-order valence-corrected chi connectivity index (χ2v) is 5.97. The molecule has 0 aromatic rings. The first-order chi connectivity index (χ1) is 13.0. The number of hydrogen-bond acceptors (Lipinski definition) is 10. The molecule has 7 N–H and O–H groups in total. The third-order valence-electron chi connectivity index (χ3n) is 3.60. The highest BCUT2D eigenvalue weighted by Crippen LogP contribution is 2.34. The van der Waals surface area contributed by atoms with Gasteiger partial charge in [-0.3, -0.25) is 19.2 Å². The molecular weight excluding hydrogens is 388 g/mol. The van der Waals surface area contributed by atoms with E-state index in [0.717, 1.165) is 0 Å². The molecule has 0 aromatic heterocycles. The van der Waals surface area contributed by atoms with Gasteiger partial charge in [0.25, 0.3) is 0 Å². The van der Waals surface area contributed by atoms with Crippen molar-refractivity contribution in [1.29, 1.82) is 0 Å². The summed E-state index contributed by atoms with van der Waals surface area (Å²) in [7, 11) is 0. The number of carboxylic acids is 3. The summed E-state index contributed by atoms with van der Waals surface area (Å²) in [6, 6.07) is 0. The van der Waals surface area contributed by atoms with Gasteiger partial charge in [0.15, 0.2) is 0 Å². The van der Waals surface area contributed by atoms with Gasteiger partial charge in [-0.25, -0.2) is 0 Å². The van der Waals surface area contributed by atoms with Gasteiger partial charge >= 0.3 is 23.9 Å². The number of carbonyl (C=O) groups is 4. The van der Waals surface area contributed by atoms with E-state index in [1.54, 1.807) is 0 Å². The molecule has 0 bridgehead atoms. The van der Waals surface area contributed by atoms with Crippen molar-refractivity contribution in [2.75, 3.05) is 26.4 Å². The Morgan fingerprint density at radius 2 is 1.25 bits per heavy atom. The van der Waals surface area contributed by atoms with Crippen molar-refractivity contribution in [3.05, 3.63) is 0 Å². The third-order valence-corrected chi connectivity index (χ3v) is 3.60. The topological polar surface area (TPSA) is 228 Å². The average Bonchev–Trinajstić information content (AvgIpc) is 2.60. The molecule has 0 radical (unpaired) electrons. The molecule has 0 saturated carbocycles. The lowest BCUT2D eigenvalue weighted by atomic mass is 9.79. The molecule has 13 nitrogen and oxygen atoms in total. The molecule has 0 aliphatic heterocycles. The van der Waals surface area contributed by atoms with E-state index in [2.05, 4.69) is 4.74 Å². The highest BCUT2D eigenvalue weighted by molar-refractivity contribution is 5.83. The van der Waals surface area contributed by atoms with Crippen LogP contribution >= 0.6 is 0 Å². The van der Waals surface area contributed by atoms with Gasteiger partial charge in [0, 0.05) is 0 Å². The van der Waals surface area contributed by atoms with E-state index >= 15 is 0 Å². The Morgan fingerprint density at radius 1 is 0.786 bits per heavy atom. The van der Waals surface area contributed by atoms with Crippen molar-refractivity contribution in [3.63, 3.8) is 0 Å². The standard InChI is InChI=1S/C15H24O13/c16-4-8(18)6-27-14(26)10(1-11(20)21)15(2-12(22)23,3-13(24)25)28-7-9(19)5-17/h8-10,16-19H,1-7H2,(H,20,21)(H,22,23)(H,24,25). The lowest BCUT2D eigenvalue weighted by molar-refractivity contribution is -0.186. The van der Waals surface area contributed by atoms with Gasteiger partial charge < -0.3 is 45.2 Å². The summed E-state index contributed by atoms with van der Waals surface area (Å²) in [6.45, 7) is -3.17. The fourth-order valence-corrected chi connectivity index (χ4v) is 2.33. The molecule has 3 atom stereocenters. The first-order valence-corrected chi connectivity index (χ1v) is 8.01. The smallest absolute Gasteiger partial charge is 0.312 e. The number of esters is 1. The SMILES string of the molecule is O=C(O)CC(C(=O)OCC(O)CO)C(CC(=O)O)(CC(=O)O)OCC(O)CO. The summed E-state index contributed by atoms with van der Waals surface area (Å²) >= 11 is 0. The summed E-state index contributed by atoms with van der Waals surface area (Å²) in [5.41, 5.74) is -2.44. The summed E-state index contributed by atoms with van der Waals surface area (Å²) < 4.78 is 9.84. The molecule has 0 aliphatic carbocycles. The molecule has 0 heterocycles. The molecule has 0 saturated heterocycles. The van der Waals surface area contributed by atoms with Crippen LogP contribution in [0.25, 0.3) is 0 Å². The largest absolute Gasteiger partial charge is 0.481 e. The van der Waals surface area contributed by atoms with E-state index in [9.17, 15) is 29.4 Å². The maximum absolute atomic E-state index is 12.4. The average molecular weight is 412 g/mol. The molecule has 0 aromatic carbocycles. The van der Waals surface area contributed by atoms with Crippen molar-refractivity contribution in [2.45, 2.75) is 37.1 Å². The number of aliphatic carboxylic acids is 3. The summed E-state index contributed by atoms with van der Waals surface area (Å²) in [5.74, 6) is -8.18. The molecule has 3 unspecified atom stereocenters. The lowest BCUT2D eigenvalue weighted by Crippen LogP contribution is -2.51. The van der Waals surface area contributed by atoms with Crippen molar-refractivity contribution < 1.29 is 64.4 Å². The van der Waals surface area contributed by atoms with E-state index in [4.69, 9.17) is 30.3 Å². The highest BCUT2D eigenvalue weighted by Gasteiger charge is 2.49. The Labute approximate surface area is 158 Å². The van der Waals surface area contributed by atoms with Crippen molar-refractivity contribution >= 4 is 23.9 Å². The fourth-order valence-electron chi connectivity index (χ4n) is 2.33. The van der Waals surface area contributed by atoms with Gasteiger partial charge in [-0.1, -0.05) is 0 Å². The van der Waals surface area contributed by atoms with Gasteiger partial charge in [-0.15, -0.1) is 0 Å². The zero-order valence-electron chi connectivity index (χ0n) is 14.8. The fraction of sp³-hybridized carbons (Fsp3) is 0.733. The van der Waals surface area contributed by atoms with Crippen molar-refractivity contribution in [1.82, 2.24) is 0 Å². The second-order valence-electron chi connectivity index (χ2n) is 5.97. The summed E-state index contributed by atoms with van der Waals surface area (Å²) in [4.78, 5) is 46.1. The number of ether oxygens (including phenoxy) is 2. The van der Waals surface area contributed by atoms with Crippen LogP contribution in [0, 0.1) is 5.92 Å². The summed E-state index contributed by atoms with van der Waals surface area (Å²) in [5, 5.41) is 63.7. The minimum Gasteiger partial charge on any atom is -0.481 e. The number of rotatable bonds is 15. The number of hydrogen-bond donors (Lipinski definition) is 7. The first kappa shape index (κ1) is 25.7. The Kier molecular flexibility index (Phi) is 11.2. The van der Waals surface area contributed by atoms with E-state index in [-0.39, 0.29) is 0 Å². The van der Waals surface area contributed by atoms with Crippen LogP contribution in [0.5, 0.6) is 0 Å². The van der Waals surface area contributed by atoms with Gasteiger partial charge in [-0.05, 0) is 0 Å². The quantitative estimate of drug-likeness (QED) is 0.133. The summed E-state index contributed by atoms with van der Waals surface area (Å²) in [6.07, 6.45) is -6.40. The van der Waals surface area contributed by atoms with Gasteiger partial charge in [0.1, 0.15) is 24.4 Å². The van der Waals surface area contributed by atoms with E-state index in [1.807, 2.05) is 0 Å². The maximum atomic E-state index is 12.4. The van der Waals surface area contributed by atoms with Crippen LogP contribution in [-0.4, -0.2) is 104 Å². The van der Waals surface area contributed by atoms with Crippen LogP contribution < -0.4 is 0 Å². The number of aliphatic hydroxyl groups excluding tert-OH is 4. The van der Waals surface area contributed by atoms with Crippen LogP contribution in [0.3, 0.4) is 0 Å². The van der Waals surface area contributed by atoms with E-state index in [0.29, 0.717) is 0 Å². The molecule has 0 amide bonds. The van der Waals surface area contributed by atoms with E-state index < -0.39 is 93.3 Å². The van der Waals surface area contributed by atoms with Crippen molar-refractivity contribution in [2.24, 2.45) is 5.92 Å². The van der Waals surface area contributed by atoms with Crippen LogP contribution in [0.4, 0.5) is 0 Å². The molecule has 13 heteroatoms. The Balaban J connectivity index is 5.98. The van der Waals surface area contributed by atoms with E-state index in [1.165, 1.54) is 0 Å². The monoisotopic (exact) mass is 412 g/mol. The van der Waals surface area contributed by atoms with Gasteiger partial charge in [0.05, 0.1) is 45.0 Å². The molecule has 28 heavy (non-hydrogen) atoms. The van der Waals surface area contributed by atoms with Gasteiger partial charge in [0.2, 0.25) is 0 Å². The number of aliphatic hydroxyl groups is 4. The Bertz CT molecular complexity index is 530. The molecule has 0 spiro atoms. The maximum Gasteiger partial charge on any atom is 0.312 e. The molecule has 0 fully saturated rings. The molecule has 162 valence electrons. The van der Waals surface area contributed by atoms with Crippen LogP contribution in [0.15, 0.2) is 0 Å². The zero-order chi connectivity index (χ0) is 21.9. The number of carbonyl (C=O) groups excluding carboxylic acids is 1. The predicted octanol–water partition coefficient (Wildman–Crippen LogP) is -2.97. The van der Waals surface area contributed by atoms with Crippen LogP contribution in [-0.2, 0) is 28.7 Å². The minimum absolute atomic E-state index is 0.763. The van der Waals surface area contributed by atoms with Gasteiger partial charge in [-0.2, -0.15) is 0 Å². The Morgan fingerprint density at radius 3 is 1.64 bits per heavy atom. The molecule has 0 rings (SSSR count). The normalized spacial score (nSPS) is 14.7. The number of carboxylic acid groups (broad SMARTS) is 3. The lowest BCUT2D eigenvalue weighted by Gasteiger charge is -2.37. The second kappa shape index (κ2) is 12.2. The Hall–Kier alpha value is -2.32. The molecule has 0 aliphatic rings. The van der Waals surface area contributed by atoms with Crippen molar-refractivity contribution in [3.8, 4) is 0 Å². The zero-order valence-corrected chi connectivity index (χ0v) is 14.8. The van der Waals surface area contributed by atoms with Crippen LogP contribution in [0.1, 0.15) is 19.3 Å². The minimum atomic E-state index is -2.44. The first-order valence-electron chi connectivity index (χ1n) is 8.01. The molecular formula is C15H24O13. The third kappa shape index (κ3) is 9.05.